The van der Waals surface area contributed by atoms with Gasteiger partial charge in [-0.3, -0.25) is 9.59 Å². The molecular formula is C46H51NO8. The minimum absolute atomic E-state index is 0.109. The second-order valence-electron chi connectivity index (χ2n) is 13.2. The van der Waals surface area contributed by atoms with Crippen LogP contribution in [0.15, 0.2) is 122 Å². The molecule has 0 aliphatic heterocycles. The summed E-state index contributed by atoms with van der Waals surface area (Å²) in [6.45, 7) is 13.7. The minimum Gasteiger partial charge on any atom is -0.461 e. The summed E-state index contributed by atoms with van der Waals surface area (Å²) in [5.74, 6) is -2.06. The van der Waals surface area contributed by atoms with Gasteiger partial charge in [-0.25, -0.2) is 9.59 Å². The molecule has 4 aromatic carbocycles. The van der Waals surface area contributed by atoms with E-state index < -0.39 is 17.9 Å². The first kappa shape index (κ1) is 41.9. The first-order valence-electron chi connectivity index (χ1n) is 18.6. The van der Waals surface area contributed by atoms with Gasteiger partial charge >= 0.3 is 23.9 Å². The van der Waals surface area contributed by atoms with Crippen molar-refractivity contribution >= 4 is 23.9 Å². The van der Waals surface area contributed by atoms with Gasteiger partial charge in [-0.1, -0.05) is 124 Å². The molecule has 0 fully saturated rings. The molecule has 0 bridgehead atoms. The monoisotopic (exact) mass is 745 g/mol. The Kier molecular flexibility index (Phi) is 17.1. The predicted octanol–water partition coefficient (Wildman–Crippen LogP) is 7.85. The highest BCUT2D eigenvalue weighted by atomic mass is 16.5. The zero-order chi connectivity index (χ0) is 39.4. The van der Waals surface area contributed by atoms with E-state index in [-0.39, 0.29) is 44.8 Å². The van der Waals surface area contributed by atoms with E-state index in [0.717, 1.165) is 82.6 Å². The van der Waals surface area contributed by atoms with Crippen LogP contribution in [-0.4, -0.2) is 48.4 Å². The number of rotatable bonds is 22. The largest absolute Gasteiger partial charge is 0.461 e. The maximum absolute atomic E-state index is 13.3. The van der Waals surface area contributed by atoms with Crippen LogP contribution in [0.2, 0.25) is 0 Å². The molecule has 0 aliphatic rings. The van der Waals surface area contributed by atoms with E-state index >= 15 is 0 Å². The van der Waals surface area contributed by atoms with Crippen molar-refractivity contribution in [3.63, 3.8) is 0 Å². The number of nitrogens with zero attached hydrogens (tertiary/aromatic N) is 1. The topological polar surface area (TPSA) is 108 Å². The molecule has 4 rings (SSSR count). The molecule has 0 spiro atoms. The van der Waals surface area contributed by atoms with Gasteiger partial charge in [-0.15, -0.1) is 0 Å². The molecule has 288 valence electrons. The lowest BCUT2D eigenvalue weighted by Gasteiger charge is -2.24. The van der Waals surface area contributed by atoms with Crippen LogP contribution in [0.1, 0.15) is 71.2 Å². The van der Waals surface area contributed by atoms with Crippen LogP contribution in [-0.2, 0) is 77.4 Å². The molecule has 0 saturated heterocycles. The average Bonchev–Trinajstić information content (AvgIpc) is 3.22. The summed E-state index contributed by atoms with van der Waals surface area (Å²) in [7, 11) is 0. The summed E-state index contributed by atoms with van der Waals surface area (Å²) in [6.07, 6.45) is 4.19. The van der Waals surface area contributed by atoms with Crippen molar-refractivity contribution in [2.24, 2.45) is 5.92 Å². The molecule has 0 aliphatic carbocycles. The highest BCUT2D eigenvalue weighted by Crippen LogP contribution is 2.18. The molecule has 55 heavy (non-hydrogen) atoms. The molecule has 0 heterocycles. The third-order valence-electron chi connectivity index (χ3n) is 9.19. The van der Waals surface area contributed by atoms with Crippen molar-refractivity contribution in [1.82, 2.24) is 4.90 Å². The van der Waals surface area contributed by atoms with E-state index in [4.69, 9.17) is 18.9 Å². The van der Waals surface area contributed by atoms with Gasteiger partial charge in [0.05, 0.1) is 5.92 Å². The van der Waals surface area contributed by atoms with Crippen molar-refractivity contribution < 1.29 is 38.1 Å². The van der Waals surface area contributed by atoms with Crippen LogP contribution in [0.25, 0.3) is 0 Å². The van der Waals surface area contributed by atoms with Gasteiger partial charge in [0.15, 0.2) is 0 Å². The van der Waals surface area contributed by atoms with Gasteiger partial charge in [-0.2, -0.15) is 0 Å². The Morgan fingerprint density at radius 2 is 0.855 bits per heavy atom. The standard InChI is InChI=1S/C46H51NO8/c1-5-43(48)52-30-38-17-9-34(10-18-38)27-36-13-21-40(22-14-36)32-54-45(50)26-25-42(29-47(7-3)8-4)46(51)55-33-41-23-15-37(16-24-41)28-35-11-19-39(20-12-35)31-53-44(49)6-2/h5-6,9-24,42H,1-2,7-8,25-33H2,3-4H3. The van der Waals surface area contributed by atoms with E-state index in [1.54, 1.807) is 0 Å². The number of carbonyl (C=O) groups is 4. The lowest BCUT2D eigenvalue weighted by atomic mass is 10.0. The normalized spacial score (nSPS) is 11.3. The summed E-state index contributed by atoms with van der Waals surface area (Å²) in [5.41, 5.74) is 8.03. The quantitative estimate of drug-likeness (QED) is 0.0452. The maximum Gasteiger partial charge on any atom is 0.330 e. The zero-order valence-corrected chi connectivity index (χ0v) is 31.9. The number of esters is 4. The minimum atomic E-state index is -0.467. The van der Waals surface area contributed by atoms with Crippen LogP contribution >= 0.6 is 0 Å². The van der Waals surface area contributed by atoms with Crippen LogP contribution in [0, 0.1) is 5.92 Å². The van der Waals surface area contributed by atoms with Crippen LogP contribution in [0.4, 0.5) is 0 Å². The van der Waals surface area contributed by atoms with Crippen molar-refractivity contribution in [2.45, 2.75) is 66.0 Å². The molecule has 0 aromatic heterocycles. The molecule has 9 nitrogen and oxygen atoms in total. The Morgan fingerprint density at radius 1 is 0.527 bits per heavy atom. The number of hydrogen-bond acceptors (Lipinski definition) is 9. The SMILES string of the molecule is C=CC(=O)OCc1ccc(Cc2ccc(COC(=O)CCC(CN(CC)CC)C(=O)OCc3ccc(Cc4ccc(COC(=O)C=C)cc4)cc3)cc2)cc1. The van der Waals surface area contributed by atoms with Crippen LogP contribution in [0.5, 0.6) is 0 Å². The number of carbonyl (C=O) groups excluding carboxylic acids is 4. The van der Waals surface area contributed by atoms with E-state index in [0.29, 0.717) is 13.0 Å². The Bertz CT molecular complexity index is 1840. The van der Waals surface area contributed by atoms with Crippen molar-refractivity contribution in [1.29, 1.82) is 0 Å². The maximum atomic E-state index is 13.3. The van der Waals surface area contributed by atoms with E-state index in [1.165, 1.54) is 0 Å². The third kappa shape index (κ3) is 14.9. The van der Waals surface area contributed by atoms with Crippen LogP contribution < -0.4 is 0 Å². The average molecular weight is 746 g/mol. The molecule has 0 saturated carbocycles. The van der Waals surface area contributed by atoms with E-state index in [2.05, 4.69) is 18.1 Å². The predicted molar refractivity (Wildman–Crippen MR) is 211 cm³/mol. The molecule has 9 heteroatoms. The van der Waals surface area contributed by atoms with Crippen LogP contribution in [0.3, 0.4) is 0 Å². The lowest BCUT2D eigenvalue weighted by Crippen LogP contribution is -2.34. The fourth-order valence-corrected chi connectivity index (χ4v) is 5.79. The van der Waals surface area contributed by atoms with Crippen molar-refractivity contribution in [3.8, 4) is 0 Å². The van der Waals surface area contributed by atoms with E-state index in [1.807, 2.05) is 111 Å². The first-order valence-corrected chi connectivity index (χ1v) is 18.6. The summed E-state index contributed by atoms with van der Waals surface area (Å²) in [6, 6.07) is 31.7. The zero-order valence-electron chi connectivity index (χ0n) is 31.9. The van der Waals surface area contributed by atoms with E-state index in [9.17, 15) is 19.2 Å². The summed E-state index contributed by atoms with van der Waals surface area (Å²) in [5, 5.41) is 0. The Hall–Kier alpha value is -5.80. The Labute approximate surface area is 324 Å². The van der Waals surface area contributed by atoms with Gasteiger partial charge in [0.25, 0.3) is 0 Å². The van der Waals surface area contributed by atoms with Gasteiger partial charge in [-0.05, 0) is 76.9 Å². The fraction of sp³-hybridized carbons (Fsp3) is 0.304. The molecule has 0 amide bonds. The summed E-state index contributed by atoms with van der Waals surface area (Å²) < 4.78 is 21.5. The van der Waals surface area contributed by atoms with Crippen molar-refractivity contribution in [3.05, 3.63) is 167 Å². The number of benzene rings is 4. The third-order valence-corrected chi connectivity index (χ3v) is 9.19. The van der Waals surface area contributed by atoms with Crippen molar-refractivity contribution in [2.75, 3.05) is 19.6 Å². The molecule has 4 aromatic rings. The second kappa shape index (κ2) is 22.4. The molecule has 1 atom stereocenters. The molecular weight excluding hydrogens is 695 g/mol. The highest BCUT2D eigenvalue weighted by molar-refractivity contribution is 5.81. The highest BCUT2D eigenvalue weighted by Gasteiger charge is 2.24. The van der Waals surface area contributed by atoms with Gasteiger partial charge in [0, 0.05) is 25.1 Å². The molecule has 0 radical (unpaired) electrons. The molecule has 0 N–H and O–H groups in total. The Balaban J connectivity index is 1.21. The van der Waals surface area contributed by atoms with Gasteiger partial charge < -0.3 is 23.8 Å². The fourth-order valence-electron chi connectivity index (χ4n) is 5.79. The summed E-state index contributed by atoms with van der Waals surface area (Å²) in [4.78, 5) is 50.8. The van der Waals surface area contributed by atoms with Gasteiger partial charge in [0.1, 0.15) is 26.4 Å². The molecule has 1 unspecified atom stereocenters. The van der Waals surface area contributed by atoms with Gasteiger partial charge in [0.2, 0.25) is 0 Å². The summed E-state index contributed by atoms with van der Waals surface area (Å²) >= 11 is 0. The smallest absolute Gasteiger partial charge is 0.330 e. The first-order chi connectivity index (χ1) is 26.7. The Morgan fingerprint density at radius 3 is 1.20 bits per heavy atom. The second-order valence-corrected chi connectivity index (χ2v) is 13.2. The lowest BCUT2D eigenvalue weighted by molar-refractivity contribution is -0.152. The number of ether oxygens (including phenoxy) is 4. The number of hydrogen-bond donors (Lipinski definition) is 0.